The Kier molecular flexibility index (Phi) is 5.84. The smallest absolute Gasteiger partial charge is 0.246 e. The topological polar surface area (TPSA) is 40.6 Å². The van der Waals surface area contributed by atoms with Gasteiger partial charge in [0, 0.05) is 48.8 Å². The van der Waals surface area contributed by atoms with Gasteiger partial charge < -0.3 is 0 Å². The lowest BCUT2D eigenvalue weighted by Crippen LogP contribution is -2.48. The summed E-state index contributed by atoms with van der Waals surface area (Å²) in [5, 5.41) is 1.11. The molecule has 4 nitrogen and oxygen atoms in total. The number of sulfonamides is 1. The van der Waals surface area contributed by atoms with E-state index in [0.717, 1.165) is 17.7 Å². The highest BCUT2D eigenvalue weighted by Gasteiger charge is 2.30. The molecule has 0 N–H and O–H groups in total. The number of rotatable bonds is 4. The summed E-state index contributed by atoms with van der Waals surface area (Å²) in [4.78, 5) is 1.55. The summed E-state index contributed by atoms with van der Waals surface area (Å²) in [5.74, 6) is -1.90. The largest absolute Gasteiger partial charge is 0.296 e. The maximum Gasteiger partial charge on any atom is 0.246 e. The van der Waals surface area contributed by atoms with Crippen molar-refractivity contribution < 1.29 is 17.2 Å². The molecule has 0 radical (unpaired) electrons. The minimum absolute atomic E-state index is 0.213. The summed E-state index contributed by atoms with van der Waals surface area (Å²) in [7, 11) is -4.00. The van der Waals surface area contributed by atoms with Crippen LogP contribution in [-0.2, 0) is 16.6 Å². The monoisotopic (exact) mass is 420 g/mol. The van der Waals surface area contributed by atoms with Crippen molar-refractivity contribution in [3.8, 4) is 0 Å². The normalized spacial score (nSPS) is 16.8. The molecule has 2 aromatic carbocycles. The van der Waals surface area contributed by atoms with Gasteiger partial charge in [-0.05, 0) is 29.8 Å². The van der Waals surface area contributed by atoms with Crippen LogP contribution >= 0.6 is 23.2 Å². The maximum absolute atomic E-state index is 13.9. The van der Waals surface area contributed by atoms with Gasteiger partial charge in [-0.1, -0.05) is 29.3 Å². The van der Waals surface area contributed by atoms with E-state index in [0.29, 0.717) is 35.7 Å². The zero-order valence-corrected chi connectivity index (χ0v) is 16.0. The Bertz CT molecular complexity index is 917. The van der Waals surface area contributed by atoms with E-state index < -0.39 is 26.6 Å². The third-order valence-electron chi connectivity index (χ3n) is 4.25. The molecule has 140 valence electrons. The van der Waals surface area contributed by atoms with Crippen molar-refractivity contribution in [3.63, 3.8) is 0 Å². The van der Waals surface area contributed by atoms with Crippen molar-refractivity contribution >= 4 is 33.2 Å². The average Bonchev–Trinajstić information content (AvgIpc) is 2.57. The Labute approximate surface area is 161 Å². The van der Waals surface area contributed by atoms with E-state index in [1.165, 1.54) is 4.31 Å². The van der Waals surface area contributed by atoms with Crippen LogP contribution in [0.1, 0.15) is 5.56 Å². The van der Waals surface area contributed by atoms with Crippen molar-refractivity contribution in [2.75, 3.05) is 26.2 Å². The number of benzene rings is 2. The Morgan fingerprint density at radius 1 is 0.962 bits per heavy atom. The van der Waals surface area contributed by atoms with Gasteiger partial charge in [-0.2, -0.15) is 4.31 Å². The number of hydrogen-bond acceptors (Lipinski definition) is 3. The number of nitrogens with zero attached hydrogens (tertiary/aromatic N) is 2. The molecule has 0 amide bonds. The Hall–Kier alpha value is -1.25. The molecule has 1 aliphatic rings. The standard InChI is InChI=1S/C17H16Cl2F2N2O2S/c18-13-2-1-12(15(19)9-13)11-22-5-7-23(8-6-22)26(24,25)17-4-3-14(20)10-16(17)21/h1-4,9-10H,5-8,11H2. The molecule has 2 aromatic rings. The fourth-order valence-corrected chi connectivity index (χ4v) is 4.78. The zero-order valence-electron chi connectivity index (χ0n) is 13.6. The summed E-state index contributed by atoms with van der Waals surface area (Å²) < 4.78 is 53.3. The average molecular weight is 421 g/mol. The van der Waals surface area contributed by atoms with Crippen LogP contribution < -0.4 is 0 Å². The van der Waals surface area contributed by atoms with Gasteiger partial charge in [-0.3, -0.25) is 4.90 Å². The molecule has 0 spiro atoms. The van der Waals surface area contributed by atoms with Crippen molar-refractivity contribution in [2.24, 2.45) is 0 Å². The van der Waals surface area contributed by atoms with Crippen molar-refractivity contribution in [3.05, 3.63) is 63.6 Å². The van der Waals surface area contributed by atoms with E-state index >= 15 is 0 Å². The number of hydrogen-bond donors (Lipinski definition) is 0. The van der Waals surface area contributed by atoms with Crippen LogP contribution in [0.2, 0.25) is 10.0 Å². The van der Waals surface area contributed by atoms with E-state index in [-0.39, 0.29) is 13.1 Å². The molecule has 0 unspecified atom stereocenters. The Morgan fingerprint density at radius 3 is 2.27 bits per heavy atom. The minimum atomic E-state index is -4.00. The van der Waals surface area contributed by atoms with Gasteiger partial charge in [0.05, 0.1) is 0 Å². The van der Waals surface area contributed by atoms with Crippen LogP contribution in [0.25, 0.3) is 0 Å². The first-order valence-corrected chi connectivity index (χ1v) is 10.1. The van der Waals surface area contributed by atoms with Crippen molar-refractivity contribution in [1.82, 2.24) is 9.21 Å². The molecular formula is C17H16Cl2F2N2O2S. The first-order valence-electron chi connectivity index (χ1n) is 7.89. The molecule has 26 heavy (non-hydrogen) atoms. The second-order valence-electron chi connectivity index (χ2n) is 5.99. The maximum atomic E-state index is 13.9. The van der Waals surface area contributed by atoms with E-state index in [2.05, 4.69) is 4.90 Å². The Balaban J connectivity index is 1.67. The molecule has 1 fully saturated rings. The highest BCUT2D eigenvalue weighted by Crippen LogP contribution is 2.24. The van der Waals surface area contributed by atoms with Gasteiger partial charge in [0.25, 0.3) is 0 Å². The van der Waals surface area contributed by atoms with Crippen LogP contribution in [0, 0.1) is 11.6 Å². The highest BCUT2D eigenvalue weighted by atomic mass is 35.5. The van der Waals surface area contributed by atoms with E-state index in [1.54, 1.807) is 12.1 Å². The fourth-order valence-electron chi connectivity index (χ4n) is 2.84. The summed E-state index contributed by atoms with van der Waals surface area (Å²) in [6, 6.07) is 7.72. The second-order valence-corrected chi connectivity index (χ2v) is 8.74. The molecule has 1 aliphatic heterocycles. The van der Waals surface area contributed by atoms with Gasteiger partial charge in [-0.15, -0.1) is 0 Å². The lowest BCUT2D eigenvalue weighted by atomic mass is 10.2. The van der Waals surface area contributed by atoms with Crippen LogP contribution in [0.4, 0.5) is 8.78 Å². The first kappa shape index (κ1) is 19.5. The fraction of sp³-hybridized carbons (Fsp3) is 0.294. The summed E-state index contributed by atoms with van der Waals surface area (Å²) in [6.07, 6.45) is 0. The van der Waals surface area contributed by atoms with E-state index in [4.69, 9.17) is 23.2 Å². The molecule has 1 saturated heterocycles. The van der Waals surface area contributed by atoms with Crippen LogP contribution in [0.3, 0.4) is 0 Å². The van der Waals surface area contributed by atoms with Gasteiger partial charge in [-0.25, -0.2) is 17.2 Å². The predicted octanol–water partition coefficient (Wildman–Crippen LogP) is 3.78. The molecule has 0 saturated carbocycles. The lowest BCUT2D eigenvalue weighted by molar-refractivity contribution is 0.181. The molecule has 1 heterocycles. The second kappa shape index (κ2) is 7.78. The quantitative estimate of drug-likeness (QED) is 0.755. The van der Waals surface area contributed by atoms with Gasteiger partial charge in [0.1, 0.15) is 16.5 Å². The van der Waals surface area contributed by atoms with Crippen molar-refractivity contribution in [1.29, 1.82) is 0 Å². The van der Waals surface area contributed by atoms with Gasteiger partial charge in [0.15, 0.2) is 0 Å². The van der Waals surface area contributed by atoms with E-state index in [1.807, 2.05) is 6.07 Å². The highest BCUT2D eigenvalue weighted by molar-refractivity contribution is 7.89. The van der Waals surface area contributed by atoms with E-state index in [9.17, 15) is 17.2 Å². The summed E-state index contributed by atoms with van der Waals surface area (Å²) >= 11 is 12.1. The minimum Gasteiger partial charge on any atom is -0.296 e. The summed E-state index contributed by atoms with van der Waals surface area (Å²) in [5.41, 5.74) is 0.900. The van der Waals surface area contributed by atoms with Crippen LogP contribution in [-0.4, -0.2) is 43.8 Å². The van der Waals surface area contributed by atoms with Gasteiger partial charge >= 0.3 is 0 Å². The third-order valence-corrected chi connectivity index (χ3v) is 6.77. The third kappa shape index (κ3) is 4.18. The number of halogens is 4. The lowest BCUT2D eigenvalue weighted by Gasteiger charge is -2.34. The molecule has 0 aliphatic carbocycles. The number of piperazine rings is 1. The van der Waals surface area contributed by atoms with Crippen molar-refractivity contribution in [2.45, 2.75) is 11.4 Å². The van der Waals surface area contributed by atoms with Crippen LogP contribution in [0.5, 0.6) is 0 Å². The van der Waals surface area contributed by atoms with Gasteiger partial charge in [0.2, 0.25) is 10.0 Å². The zero-order chi connectivity index (χ0) is 18.9. The Morgan fingerprint density at radius 2 is 1.65 bits per heavy atom. The predicted molar refractivity (Wildman–Crippen MR) is 96.9 cm³/mol. The molecule has 0 atom stereocenters. The molecular weight excluding hydrogens is 405 g/mol. The molecule has 0 aromatic heterocycles. The first-order chi connectivity index (χ1) is 12.3. The molecule has 0 bridgehead atoms. The van der Waals surface area contributed by atoms with Crippen LogP contribution in [0.15, 0.2) is 41.3 Å². The molecule has 9 heteroatoms. The summed E-state index contributed by atoms with van der Waals surface area (Å²) in [6.45, 7) is 1.94. The SMILES string of the molecule is O=S(=O)(c1ccc(F)cc1F)N1CCN(Cc2ccc(Cl)cc2Cl)CC1. The molecule has 3 rings (SSSR count).